The van der Waals surface area contributed by atoms with Crippen LogP contribution in [0.5, 0.6) is 0 Å². The highest BCUT2D eigenvalue weighted by molar-refractivity contribution is 5.91. The summed E-state index contributed by atoms with van der Waals surface area (Å²) < 4.78 is 0. The smallest absolute Gasteiger partial charge is 0.0622 e. The van der Waals surface area contributed by atoms with Crippen LogP contribution in [0.15, 0.2) is 279 Å². The molecule has 324 valence electrons. The first-order chi connectivity index (χ1) is 34.2. The maximum atomic E-state index is 2.59. The van der Waals surface area contributed by atoms with Crippen molar-refractivity contribution in [3.63, 3.8) is 0 Å². The predicted molar refractivity (Wildman–Crippen MR) is 287 cm³/mol. The van der Waals surface area contributed by atoms with Gasteiger partial charge in [-0.2, -0.15) is 0 Å². The molecule has 69 heavy (non-hydrogen) atoms. The van der Waals surface area contributed by atoms with Gasteiger partial charge >= 0.3 is 0 Å². The van der Waals surface area contributed by atoms with Crippen LogP contribution in [-0.2, 0) is 5.41 Å². The first kappa shape index (κ1) is 40.7. The number of fused-ring (bicyclic) bond motifs is 6. The van der Waals surface area contributed by atoms with Gasteiger partial charge in [-0.3, -0.25) is 0 Å². The number of hydrogen-bond donors (Lipinski definition) is 0. The van der Waals surface area contributed by atoms with Crippen LogP contribution in [0.25, 0.3) is 55.6 Å². The third-order valence-electron chi connectivity index (χ3n) is 14.9. The van der Waals surface area contributed by atoms with Crippen LogP contribution >= 0.6 is 0 Å². The van der Waals surface area contributed by atoms with Crippen LogP contribution in [0.4, 0.5) is 0 Å². The molecular formula is C69H48. The lowest BCUT2D eigenvalue weighted by Gasteiger charge is -2.37. The second kappa shape index (κ2) is 16.9. The van der Waals surface area contributed by atoms with Gasteiger partial charge in [-0.25, -0.2) is 0 Å². The first-order valence-electron chi connectivity index (χ1n) is 24.2. The molecule has 2 aliphatic rings. The van der Waals surface area contributed by atoms with Crippen LogP contribution in [-0.4, -0.2) is 0 Å². The molecule has 0 aliphatic heterocycles. The Morgan fingerprint density at radius 3 is 1.17 bits per heavy atom. The fourth-order valence-electron chi connectivity index (χ4n) is 11.9. The summed E-state index contributed by atoms with van der Waals surface area (Å²) in [5.74, 6) is 0.160. The quantitative estimate of drug-likeness (QED) is 0.127. The van der Waals surface area contributed by atoms with Gasteiger partial charge in [0.1, 0.15) is 0 Å². The molecule has 0 aromatic heterocycles. The van der Waals surface area contributed by atoms with Gasteiger partial charge in [0.25, 0.3) is 0 Å². The molecule has 2 unspecified atom stereocenters. The van der Waals surface area contributed by atoms with Gasteiger partial charge in [0, 0.05) is 11.8 Å². The monoisotopic (exact) mass is 876 g/mol. The van der Waals surface area contributed by atoms with Crippen molar-refractivity contribution in [2.75, 3.05) is 0 Å². The molecule has 2 aliphatic carbocycles. The summed E-state index contributed by atoms with van der Waals surface area (Å²) in [6, 6.07) is 104. The van der Waals surface area contributed by atoms with E-state index in [1.807, 2.05) is 0 Å². The zero-order valence-electron chi connectivity index (χ0n) is 38.2. The van der Waals surface area contributed by atoms with E-state index in [2.05, 4.69) is 279 Å². The van der Waals surface area contributed by atoms with Crippen molar-refractivity contribution in [3.05, 3.63) is 335 Å². The van der Waals surface area contributed by atoms with Crippen LogP contribution in [0.3, 0.4) is 0 Å². The van der Waals surface area contributed by atoms with E-state index in [4.69, 9.17) is 0 Å². The zero-order valence-corrected chi connectivity index (χ0v) is 38.2. The fourth-order valence-corrected chi connectivity index (χ4v) is 11.9. The lowest BCUT2D eigenvalue weighted by molar-refractivity contribution is 0.745. The summed E-state index contributed by atoms with van der Waals surface area (Å²) in [6.45, 7) is 0. The summed E-state index contributed by atoms with van der Waals surface area (Å²) in [7, 11) is 0. The Balaban J connectivity index is 1.05. The van der Waals surface area contributed by atoms with Gasteiger partial charge in [0.05, 0.1) is 5.41 Å². The van der Waals surface area contributed by atoms with E-state index >= 15 is 0 Å². The Bertz CT molecular complexity index is 3480. The van der Waals surface area contributed by atoms with Crippen molar-refractivity contribution in [1.29, 1.82) is 0 Å². The average Bonchev–Trinajstić information content (AvgIpc) is 3.93. The molecule has 11 aromatic carbocycles. The van der Waals surface area contributed by atoms with Gasteiger partial charge in [0.15, 0.2) is 0 Å². The second-order valence-corrected chi connectivity index (χ2v) is 18.7. The summed E-state index contributed by atoms with van der Waals surface area (Å²) >= 11 is 0. The molecule has 0 saturated carbocycles. The standard InChI is InChI=1S/C69H48/c1-7-22-47(23-8-1)52-41-53(48-24-9-2-10-25-48)43-54(42-52)50-28-21-29-51(40-50)68-61-39-38-58(69(55-30-13-4-14-31-55,56-32-15-5-16-33-56)57-34-17-6-18-35-57)44-62(61)64-45-63-59-36-19-20-37-60(59)67(65(63)46-66(64)68)49-26-11-3-12-27-49/h1-46,67-68H. The van der Waals surface area contributed by atoms with E-state index in [1.165, 1.54) is 111 Å². The van der Waals surface area contributed by atoms with Gasteiger partial charge in [-0.05, 0) is 142 Å². The van der Waals surface area contributed by atoms with Gasteiger partial charge < -0.3 is 0 Å². The molecule has 0 radical (unpaired) electrons. The molecule has 0 N–H and O–H groups in total. The topological polar surface area (TPSA) is 0 Å². The number of benzene rings is 11. The fraction of sp³-hybridized carbons (Fsp3) is 0.0435. The zero-order chi connectivity index (χ0) is 45.7. The highest BCUT2D eigenvalue weighted by atomic mass is 14.4. The van der Waals surface area contributed by atoms with Crippen LogP contribution in [0.2, 0.25) is 0 Å². The summed E-state index contributed by atoms with van der Waals surface area (Å²) in [6.07, 6.45) is 0. The highest BCUT2D eigenvalue weighted by Crippen LogP contribution is 2.57. The van der Waals surface area contributed by atoms with E-state index in [-0.39, 0.29) is 11.8 Å². The lowest BCUT2D eigenvalue weighted by Crippen LogP contribution is -2.31. The minimum atomic E-state index is -0.570. The molecule has 0 bridgehead atoms. The maximum Gasteiger partial charge on any atom is 0.0701 e. The predicted octanol–water partition coefficient (Wildman–Crippen LogP) is 17.4. The Hall–Kier alpha value is -8.58. The highest BCUT2D eigenvalue weighted by Gasteiger charge is 2.41. The molecule has 0 saturated heterocycles. The van der Waals surface area contributed by atoms with Crippen LogP contribution < -0.4 is 0 Å². The summed E-state index contributed by atoms with van der Waals surface area (Å²) in [5.41, 5.74) is 25.0. The molecule has 0 spiro atoms. The van der Waals surface area contributed by atoms with Gasteiger partial charge in [-0.15, -0.1) is 0 Å². The van der Waals surface area contributed by atoms with Crippen molar-refractivity contribution >= 4 is 0 Å². The molecule has 13 rings (SSSR count). The average molecular weight is 877 g/mol. The molecule has 0 heteroatoms. The SMILES string of the molecule is c1ccc(-c2cc(-c3ccccc3)cc(-c3cccc(C4c5ccc(C(c6ccccc6)(c6ccccc6)c6ccccc6)cc5-c5cc6c(cc54)C(c4ccccc4)c4ccccc4-6)c3)c2)cc1. The molecule has 0 fully saturated rings. The van der Waals surface area contributed by atoms with Gasteiger partial charge in [0.2, 0.25) is 0 Å². The van der Waals surface area contributed by atoms with E-state index in [9.17, 15) is 0 Å². The molecule has 11 aromatic rings. The first-order valence-corrected chi connectivity index (χ1v) is 24.2. The number of rotatable bonds is 9. The largest absolute Gasteiger partial charge is 0.0701 e. The van der Waals surface area contributed by atoms with Crippen molar-refractivity contribution in [2.24, 2.45) is 0 Å². The molecular weight excluding hydrogens is 829 g/mol. The van der Waals surface area contributed by atoms with Gasteiger partial charge in [-0.1, -0.05) is 249 Å². The normalized spacial score (nSPS) is 14.4. The van der Waals surface area contributed by atoms with Crippen LogP contribution in [0, 0.1) is 0 Å². The maximum absolute atomic E-state index is 2.59. The molecule has 0 heterocycles. The van der Waals surface area contributed by atoms with E-state index in [1.54, 1.807) is 0 Å². The van der Waals surface area contributed by atoms with E-state index in [0.717, 1.165) is 0 Å². The lowest BCUT2D eigenvalue weighted by atomic mass is 9.64. The Morgan fingerprint density at radius 1 is 0.203 bits per heavy atom. The van der Waals surface area contributed by atoms with E-state index < -0.39 is 5.41 Å². The minimum absolute atomic E-state index is 0.0138. The molecule has 0 nitrogen and oxygen atoms in total. The van der Waals surface area contributed by atoms with Crippen LogP contribution in [0.1, 0.15) is 67.5 Å². The molecule has 2 atom stereocenters. The van der Waals surface area contributed by atoms with Crippen molar-refractivity contribution < 1.29 is 0 Å². The Kier molecular flexibility index (Phi) is 9.98. The third kappa shape index (κ3) is 6.83. The summed E-state index contributed by atoms with van der Waals surface area (Å²) in [4.78, 5) is 0. The van der Waals surface area contributed by atoms with E-state index in [0.29, 0.717) is 0 Å². The van der Waals surface area contributed by atoms with Crippen molar-refractivity contribution in [3.8, 4) is 55.6 Å². The third-order valence-corrected chi connectivity index (χ3v) is 14.9. The Labute approximate surface area is 405 Å². The number of hydrogen-bond acceptors (Lipinski definition) is 0. The van der Waals surface area contributed by atoms with Crippen molar-refractivity contribution in [1.82, 2.24) is 0 Å². The minimum Gasteiger partial charge on any atom is -0.0622 e. The Morgan fingerprint density at radius 2 is 0.609 bits per heavy atom. The second-order valence-electron chi connectivity index (χ2n) is 18.7. The van der Waals surface area contributed by atoms with Crippen molar-refractivity contribution in [2.45, 2.75) is 17.3 Å². The molecule has 0 amide bonds. The summed E-state index contributed by atoms with van der Waals surface area (Å²) in [5, 5.41) is 0.